The molecule has 2 saturated carbocycles. The SMILES string of the molecule is COc1ccc2c(O[C@@H]3C[C@H]4C(=O)N[C@]5(C(=O)NS(=O)(=O)C6(C)CC6)C[C@H]5/C=C\CC[C@H](C)C[C@@H](C)[C@H](NC(=O)OC(C)(C)C)C(=O)N4C3)nc(OC(C)C)cc2c1. The summed E-state index contributed by atoms with van der Waals surface area (Å²) >= 11 is 0. The largest absolute Gasteiger partial charge is 0.497 e. The minimum absolute atomic E-state index is 0.00465. The number of amides is 4. The van der Waals surface area contributed by atoms with E-state index in [0.29, 0.717) is 42.7 Å². The van der Waals surface area contributed by atoms with E-state index >= 15 is 0 Å². The molecule has 4 aliphatic rings. The van der Waals surface area contributed by atoms with Crippen LogP contribution < -0.4 is 29.6 Å². The first kappa shape index (κ1) is 43.0. The van der Waals surface area contributed by atoms with Gasteiger partial charge in [0.15, 0.2) is 0 Å². The third-order valence-corrected chi connectivity index (χ3v) is 13.7. The summed E-state index contributed by atoms with van der Waals surface area (Å²) < 4.78 is 51.3. The highest BCUT2D eigenvalue weighted by atomic mass is 32.2. The van der Waals surface area contributed by atoms with Crippen LogP contribution in [0, 0.1) is 17.8 Å². The van der Waals surface area contributed by atoms with Gasteiger partial charge in [0.05, 0.1) is 24.5 Å². The Bertz CT molecular complexity index is 2060. The van der Waals surface area contributed by atoms with Gasteiger partial charge < -0.3 is 34.5 Å². The molecule has 2 aromatic rings. The Morgan fingerprint density at radius 2 is 1.81 bits per heavy atom. The standard InChI is InChI=1S/C42H59N5O10S/c1-24(2)55-33-20-27-19-29(54-9)14-15-31(27)36(43-33)56-30-21-32-35(48)45-42(38(50)46-58(52,53)41(8)16-17-41)22-28(42)13-11-10-12-25(3)18-26(4)34(37(49)47(32)23-30)44-39(51)57-40(5,6)7/h11,13-15,19-20,24-26,28,30,32,34H,10,12,16-18,21-23H2,1-9H3,(H,44,51)(H,45,48)(H,46,50)/b13-11-/t25-,26+,28+,30+,32-,34-,42+/m0/s1. The lowest BCUT2D eigenvalue weighted by Gasteiger charge is -2.33. The molecule has 16 heteroatoms. The maximum absolute atomic E-state index is 14.9. The fourth-order valence-electron chi connectivity index (χ4n) is 7.89. The predicted octanol–water partition coefficient (Wildman–Crippen LogP) is 5.16. The molecule has 4 amide bonds. The second-order valence-electron chi connectivity index (χ2n) is 18.1. The Morgan fingerprint density at radius 3 is 2.47 bits per heavy atom. The number of carbonyl (C=O) groups is 4. The number of ether oxygens (including phenoxy) is 4. The van der Waals surface area contributed by atoms with Crippen molar-refractivity contribution in [3.63, 3.8) is 0 Å². The average molecular weight is 826 g/mol. The van der Waals surface area contributed by atoms with Crippen molar-refractivity contribution in [2.24, 2.45) is 17.8 Å². The number of fused-ring (bicyclic) bond motifs is 3. The lowest BCUT2D eigenvalue weighted by molar-refractivity contribution is -0.142. The van der Waals surface area contributed by atoms with Crippen molar-refractivity contribution in [3.8, 4) is 17.5 Å². The van der Waals surface area contributed by atoms with Crippen LogP contribution in [0.15, 0.2) is 36.4 Å². The van der Waals surface area contributed by atoms with Gasteiger partial charge in [0.2, 0.25) is 33.6 Å². The van der Waals surface area contributed by atoms with Gasteiger partial charge in [-0.3, -0.25) is 19.1 Å². The van der Waals surface area contributed by atoms with Crippen LogP contribution in [0.25, 0.3) is 10.8 Å². The molecule has 0 unspecified atom stereocenters. The molecule has 3 heterocycles. The summed E-state index contributed by atoms with van der Waals surface area (Å²) in [5.41, 5.74) is -2.38. The zero-order valence-electron chi connectivity index (χ0n) is 35.0. The summed E-state index contributed by atoms with van der Waals surface area (Å²) in [6.07, 6.45) is 5.15. The lowest BCUT2D eigenvalue weighted by atomic mass is 9.88. The zero-order valence-corrected chi connectivity index (χ0v) is 35.9. The van der Waals surface area contributed by atoms with Gasteiger partial charge in [0.25, 0.3) is 5.91 Å². The van der Waals surface area contributed by atoms with Crippen LogP contribution in [-0.2, 0) is 29.1 Å². The van der Waals surface area contributed by atoms with Crippen LogP contribution in [0.4, 0.5) is 4.79 Å². The number of nitrogens with zero attached hydrogens (tertiary/aromatic N) is 2. The quantitative estimate of drug-likeness (QED) is 0.283. The molecule has 58 heavy (non-hydrogen) atoms. The number of alkyl carbamates (subject to hydrolysis) is 1. The van der Waals surface area contributed by atoms with Crippen LogP contribution in [-0.4, -0.2) is 95.9 Å². The first-order valence-electron chi connectivity index (χ1n) is 20.3. The van der Waals surface area contributed by atoms with Gasteiger partial charge in [-0.15, -0.1) is 0 Å². The maximum Gasteiger partial charge on any atom is 0.408 e. The summed E-state index contributed by atoms with van der Waals surface area (Å²) in [4.78, 5) is 62.9. The smallest absolute Gasteiger partial charge is 0.408 e. The van der Waals surface area contributed by atoms with Crippen molar-refractivity contribution >= 4 is 44.6 Å². The molecule has 0 bridgehead atoms. The summed E-state index contributed by atoms with van der Waals surface area (Å²) in [5, 5.41) is 7.12. The van der Waals surface area contributed by atoms with Crippen LogP contribution in [0.2, 0.25) is 0 Å². The van der Waals surface area contributed by atoms with Gasteiger partial charge in [-0.25, -0.2) is 13.2 Å². The molecule has 1 aromatic carbocycles. The molecule has 318 valence electrons. The molecule has 3 N–H and O–H groups in total. The summed E-state index contributed by atoms with van der Waals surface area (Å²) in [6, 6.07) is 4.96. The Kier molecular flexibility index (Phi) is 12.0. The number of methoxy groups -OCH3 is 1. The molecule has 1 saturated heterocycles. The van der Waals surface area contributed by atoms with Gasteiger partial charge in [0.1, 0.15) is 35.1 Å². The molecule has 3 fully saturated rings. The van der Waals surface area contributed by atoms with Crippen LogP contribution in [0.3, 0.4) is 0 Å². The van der Waals surface area contributed by atoms with E-state index in [2.05, 4.69) is 27.3 Å². The van der Waals surface area contributed by atoms with E-state index in [4.69, 9.17) is 18.9 Å². The van der Waals surface area contributed by atoms with E-state index in [-0.39, 0.29) is 43.2 Å². The normalized spacial score (nSPS) is 29.2. The minimum Gasteiger partial charge on any atom is -0.497 e. The summed E-state index contributed by atoms with van der Waals surface area (Å²) in [6.45, 7) is 14.4. The van der Waals surface area contributed by atoms with Crippen molar-refractivity contribution in [3.05, 3.63) is 36.4 Å². The number of hydrogen-bond donors (Lipinski definition) is 3. The monoisotopic (exact) mass is 825 g/mol. The number of carbonyl (C=O) groups excluding carboxylic acids is 4. The molecule has 0 spiro atoms. The molecular weight excluding hydrogens is 767 g/mol. The predicted molar refractivity (Wildman–Crippen MR) is 217 cm³/mol. The van der Waals surface area contributed by atoms with Gasteiger partial charge in [-0.05, 0) is 115 Å². The number of nitrogens with one attached hydrogen (secondary N) is 3. The first-order valence-corrected chi connectivity index (χ1v) is 21.8. The Labute approximate surface area is 341 Å². The Morgan fingerprint density at radius 1 is 1.09 bits per heavy atom. The number of aromatic nitrogens is 1. The number of allylic oxidation sites excluding steroid dienone is 1. The van der Waals surface area contributed by atoms with Crippen molar-refractivity contribution < 1.29 is 46.5 Å². The third-order valence-electron chi connectivity index (χ3n) is 11.5. The fraction of sp³-hybridized carbons (Fsp3) is 0.643. The second kappa shape index (κ2) is 16.2. The van der Waals surface area contributed by atoms with Crippen molar-refractivity contribution in [1.29, 1.82) is 0 Å². The van der Waals surface area contributed by atoms with E-state index in [9.17, 15) is 27.6 Å². The topological polar surface area (TPSA) is 192 Å². The van der Waals surface area contributed by atoms with Gasteiger partial charge in [-0.1, -0.05) is 26.0 Å². The molecular formula is C42H59N5O10S. The molecule has 1 aromatic heterocycles. The first-order chi connectivity index (χ1) is 27.1. The fourth-order valence-corrected chi connectivity index (χ4v) is 9.20. The van der Waals surface area contributed by atoms with Gasteiger partial charge in [-0.2, -0.15) is 4.98 Å². The van der Waals surface area contributed by atoms with Crippen molar-refractivity contribution in [2.45, 2.75) is 141 Å². The third kappa shape index (κ3) is 9.47. The number of pyridine rings is 1. The van der Waals surface area contributed by atoms with E-state index in [1.54, 1.807) is 46.9 Å². The molecule has 7 atom stereocenters. The highest BCUT2D eigenvalue weighted by Gasteiger charge is 2.63. The second-order valence-corrected chi connectivity index (χ2v) is 20.3. The Hall–Kier alpha value is -4.60. The Balaban J connectivity index is 1.37. The molecule has 6 rings (SSSR count). The molecule has 15 nitrogen and oxygen atoms in total. The average Bonchev–Trinajstić information content (AvgIpc) is 4.00. The number of sulfonamides is 1. The highest BCUT2D eigenvalue weighted by Crippen LogP contribution is 2.48. The van der Waals surface area contributed by atoms with E-state index in [1.165, 1.54) is 4.90 Å². The van der Waals surface area contributed by atoms with E-state index < -0.39 is 73.8 Å². The lowest BCUT2D eigenvalue weighted by Crippen LogP contribution is -2.59. The number of benzene rings is 1. The molecule has 0 radical (unpaired) electrons. The summed E-state index contributed by atoms with van der Waals surface area (Å²) in [7, 11) is -2.45. The van der Waals surface area contributed by atoms with Crippen LogP contribution in [0.5, 0.6) is 17.5 Å². The van der Waals surface area contributed by atoms with Gasteiger partial charge in [0, 0.05) is 23.8 Å². The zero-order chi connectivity index (χ0) is 42.4. The molecule has 2 aliphatic heterocycles. The maximum atomic E-state index is 14.9. The van der Waals surface area contributed by atoms with E-state index in [0.717, 1.165) is 11.8 Å². The minimum atomic E-state index is -4.02. The van der Waals surface area contributed by atoms with E-state index in [1.807, 2.05) is 45.1 Å². The van der Waals surface area contributed by atoms with Crippen molar-refractivity contribution in [2.75, 3.05) is 13.7 Å². The highest BCUT2D eigenvalue weighted by molar-refractivity contribution is 7.91. The summed E-state index contributed by atoms with van der Waals surface area (Å²) in [5.74, 6) is -1.50. The number of hydrogen-bond acceptors (Lipinski definition) is 11. The van der Waals surface area contributed by atoms with Crippen LogP contribution in [0.1, 0.15) is 100 Å². The molecule has 2 aliphatic carbocycles. The number of rotatable bonds is 9. The van der Waals surface area contributed by atoms with Gasteiger partial charge >= 0.3 is 6.09 Å². The van der Waals surface area contributed by atoms with Crippen LogP contribution >= 0.6 is 0 Å². The van der Waals surface area contributed by atoms with Crippen molar-refractivity contribution in [1.82, 2.24) is 25.2 Å².